The Labute approximate surface area is 173 Å². The molecule has 5 heterocycles. The van der Waals surface area contributed by atoms with Crippen molar-refractivity contribution in [2.75, 3.05) is 0 Å². The van der Waals surface area contributed by atoms with E-state index < -0.39 is 24.1 Å². The van der Waals surface area contributed by atoms with E-state index in [1.165, 1.54) is 16.8 Å². The molecule has 0 aromatic carbocycles. The summed E-state index contributed by atoms with van der Waals surface area (Å²) in [7, 11) is 0. The Hall–Kier alpha value is -3.34. The van der Waals surface area contributed by atoms with Gasteiger partial charge < -0.3 is 4.74 Å². The molecule has 0 aliphatic carbocycles. The van der Waals surface area contributed by atoms with E-state index in [0.717, 1.165) is 13.1 Å². The first-order chi connectivity index (χ1) is 14.7. The van der Waals surface area contributed by atoms with Crippen molar-refractivity contribution in [1.29, 1.82) is 0 Å². The lowest BCUT2D eigenvalue weighted by atomic mass is 9.97. The average Bonchev–Trinajstić information content (AvgIpc) is 3.31. The largest absolute Gasteiger partial charge is 0.419 e. The molecule has 0 bridgehead atoms. The van der Waals surface area contributed by atoms with Crippen molar-refractivity contribution in [2.24, 2.45) is 0 Å². The third-order valence-corrected chi connectivity index (χ3v) is 5.43. The number of rotatable bonds is 2. The second kappa shape index (κ2) is 6.58. The van der Waals surface area contributed by atoms with E-state index >= 15 is 0 Å². The van der Waals surface area contributed by atoms with Crippen molar-refractivity contribution in [3.05, 3.63) is 47.8 Å². The summed E-state index contributed by atoms with van der Waals surface area (Å²) >= 11 is 0. The molecular formula is C20H16F4N6O. The Morgan fingerprint density at radius 3 is 2.74 bits per heavy atom. The molecule has 1 atom stereocenters. The maximum absolute atomic E-state index is 13.6. The molecule has 4 aromatic heterocycles. The van der Waals surface area contributed by atoms with Crippen LogP contribution in [0.4, 0.5) is 17.6 Å². The van der Waals surface area contributed by atoms with Gasteiger partial charge in [0, 0.05) is 22.2 Å². The average molecular weight is 432 g/mol. The van der Waals surface area contributed by atoms with E-state index in [1.54, 1.807) is 19.2 Å². The Balaban J connectivity index is 1.77. The molecule has 1 unspecified atom stereocenters. The van der Waals surface area contributed by atoms with Crippen LogP contribution < -0.4 is 0 Å². The highest BCUT2D eigenvalue weighted by Crippen LogP contribution is 2.43. The lowest BCUT2D eigenvalue weighted by Gasteiger charge is -2.36. The molecule has 0 spiro atoms. The molecule has 7 nitrogen and oxygen atoms in total. The monoisotopic (exact) mass is 432 g/mol. The number of H-pyrrole nitrogens is 1. The van der Waals surface area contributed by atoms with Gasteiger partial charge in [-0.25, -0.2) is 9.37 Å². The Bertz CT molecular complexity index is 1290. The number of aryl methyl sites for hydroxylation is 1. The van der Waals surface area contributed by atoms with Crippen LogP contribution in [0.2, 0.25) is 0 Å². The topological polar surface area (TPSA) is 81.5 Å². The van der Waals surface area contributed by atoms with E-state index in [9.17, 15) is 17.6 Å². The van der Waals surface area contributed by atoms with Gasteiger partial charge in [0.1, 0.15) is 11.5 Å². The minimum atomic E-state index is -4.57. The number of aromatic amines is 1. The number of aromatic nitrogens is 6. The number of fused-ring (bicyclic) bond motifs is 2. The minimum Gasteiger partial charge on any atom is -0.358 e. The first kappa shape index (κ1) is 19.6. The molecule has 11 heteroatoms. The summed E-state index contributed by atoms with van der Waals surface area (Å²) in [5.41, 5.74) is 1.20. The van der Waals surface area contributed by atoms with Crippen molar-refractivity contribution in [3.8, 4) is 22.5 Å². The standard InChI is InChI=1S/C20H16F4N6O/c1-10-5-12(13-7-26-28-18(13)27-10)16-15-8-31-19(2,20(22,23)24)9-30(15)29-17(16)14-4-3-11(21)6-25-14/h3-7H,8-9H2,1-2H3,(H,26,27,28). The highest BCUT2D eigenvalue weighted by molar-refractivity contribution is 5.97. The van der Waals surface area contributed by atoms with Crippen LogP contribution in [0.1, 0.15) is 18.3 Å². The van der Waals surface area contributed by atoms with Gasteiger partial charge in [-0.2, -0.15) is 23.4 Å². The lowest BCUT2D eigenvalue weighted by molar-refractivity contribution is -0.287. The Morgan fingerprint density at radius 1 is 1.23 bits per heavy atom. The number of alkyl halides is 3. The number of pyridine rings is 2. The fourth-order valence-corrected chi connectivity index (χ4v) is 3.75. The van der Waals surface area contributed by atoms with Gasteiger partial charge in [-0.1, -0.05) is 0 Å². The minimum absolute atomic E-state index is 0.305. The molecule has 0 radical (unpaired) electrons. The molecule has 1 aliphatic heterocycles. The summed E-state index contributed by atoms with van der Waals surface area (Å²) in [6, 6.07) is 4.48. The number of hydrogen-bond acceptors (Lipinski definition) is 5. The van der Waals surface area contributed by atoms with Gasteiger partial charge in [-0.3, -0.25) is 14.8 Å². The van der Waals surface area contributed by atoms with Gasteiger partial charge in [0.05, 0.1) is 36.9 Å². The smallest absolute Gasteiger partial charge is 0.358 e. The van der Waals surface area contributed by atoms with E-state index in [-0.39, 0.29) is 6.61 Å². The van der Waals surface area contributed by atoms with Crippen molar-refractivity contribution in [2.45, 2.75) is 38.8 Å². The SMILES string of the molecule is Cc1cc(-c2c(-c3ccc(F)cn3)nn3c2COC(C)(C(F)(F)F)C3)c2cn[nH]c2n1. The number of hydrogen-bond donors (Lipinski definition) is 1. The lowest BCUT2D eigenvalue weighted by Crippen LogP contribution is -2.51. The van der Waals surface area contributed by atoms with Crippen LogP contribution in [0.15, 0.2) is 30.6 Å². The first-order valence-corrected chi connectivity index (χ1v) is 9.40. The Kier molecular flexibility index (Phi) is 4.16. The fraction of sp³-hybridized carbons (Fsp3) is 0.300. The maximum atomic E-state index is 13.6. The van der Waals surface area contributed by atoms with Crippen LogP contribution in [-0.2, 0) is 17.9 Å². The van der Waals surface area contributed by atoms with Crippen LogP contribution >= 0.6 is 0 Å². The van der Waals surface area contributed by atoms with Crippen LogP contribution in [-0.4, -0.2) is 41.7 Å². The van der Waals surface area contributed by atoms with Gasteiger partial charge >= 0.3 is 6.18 Å². The van der Waals surface area contributed by atoms with Crippen molar-refractivity contribution in [1.82, 2.24) is 29.9 Å². The van der Waals surface area contributed by atoms with Crippen molar-refractivity contribution >= 4 is 11.0 Å². The highest BCUT2D eigenvalue weighted by atomic mass is 19.4. The van der Waals surface area contributed by atoms with Crippen LogP contribution in [0, 0.1) is 12.7 Å². The second-order valence-electron chi connectivity index (χ2n) is 7.65. The van der Waals surface area contributed by atoms with Crippen LogP contribution in [0.3, 0.4) is 0 Å². The normalized spacial score (nSPS) is 19.0. The molecule has 0 saturated carbocycles. The zero-order chi connectivity index (χ0) is 22.0. The molecule has 4 aromatic rings. The zero-order valence-electron chi connectivity index (χ0n) is 16.5. The van der Waals surface area contributed by atoms with Gasteiger partial charge in [-0.15, -0.1) is 0 Å². The maximum Gasteiger partial charge on any atom is 0.419 e. The molecule has 0 saturated heterocycles. The molecule has 0 amide bonds. The summed E-state index contributed by atoms with van der Waals surface area (Å²) in [4.78, 5) is 8.50. The van der Waals surface area contributed by atoms with E-state index in [4.69, 9.17) is 4.74 Å². The quantitative estimate of drug-likeness (QED) is 0.481. The summed E-state index contributed by atoms with van der Waals surface area (Å²) in [5, 5.41) is 12.0. The fourth-order valence-electron chi connectivity index (χ4n) is 3.75. The number of nitrogens with one attached hydrogen (secondary N) is 1. The van der Waals surface area contributed by atoms with Crippen LogP contribution in [0.25, 0.3) is 33.5 Å². The van der Waals surface area contributed by atoms with Gasteiger partial charge in [0.25, 0.3) is 0 Å². The molecule has 31 heavy (non-hydrogen) atoms. The molecule has 5 rings (SSSR count). The summed E-state index contributed by atoms with van der Waals surface area (Å²) < 4.78 is 60.8. The van der Waals surface area contributed by atoms with Gasteiger partial charge in [0.15, 0.2) is 11.2 Å². The number of ether oxygens (including phenoxy) is 1. The van der Waals surface area contributed by atoms with Crippen molar-refractivity contribution in [3.63, 3.8) is 0 Å². The van der Waals surface area contributed by atoms with Gasteiger partial charge in [0.2, 0.25) is 0 Å². The summed E-state index contributed by atoms with van der Waals surface area (Å²) in [6.45, 7) is 1.98. The highest BCUT2D eigenvalue weighted by Gasteiger charge is 2.55. The molecule has 1 N–H and O–H groups in total. The van der Waals surface area contributed by atoms with E-state index in [2.05, 4.69) is 25.3 Å². The summed E-state index contributed by atoms with van der Waals surface area (Å²) in [5.74, 6) is -0.528. The van der Waals surface area contributed by atoms with Crippen LogP contribution in [0.5, 0.6) is 0 Å². The predicted molar refractivity (Wildman–Crippen MR) is 102 cm³/mol. The zero-order valence-corrected chi connectivity index (χ0v) is 16.5. The number of nitrogens with zero attached hydrogens (tertiary/aromatic N) is 5. The van der Waals surface area contributed by atoms with Crippen molar-refractivity contribution < 1.29 is 22.3 Å². The van der Waals surface area contributed by atoms with E-state index in [1.807, 2.05) is 0 Å². The molecule has 0 fully saturated rings. The molecule has 160 valence electrons. The predicted octanol–water partition coefficient (Wildman–Crippen LogP) is 4.18. The first-order valence-electron chi connectivity index (χ1n) is 9.40. The molecular weight excluding hydrogens is 416 g/mol. The van der Waals surface area contributed by atoms with Gasteiger partial charge in [-0.05, 0) is 32.0 Å². The second-order valence-corrected chi connectivity index (χ2v) is 7.65. The third-order valence-electron chi connectivity index (χ3n) is 5.43. The Morgan fingerprint density at radius 2 is 2.03 bits per heavy atom. The molecule has 1 aliphatic rings. The van der Waals surface area contributed by atoms with E-state index in [0.29, 0.717) is 44.9 Å². The summed E-state index contributed by atoms with van der Waals surface area (Å²) in [6.07, 6.45) is -1.94. The third kappa shape index (κ3) is 3.07. The number of halogens is 4.